The Balaban J connectivity index is 1.96. The molecule has 1 aliphatic heterocycles. The molecule has 1 aliphatic rings. The number of nitrogens with one attached hydrogen (secondary N) is 1. The maximum atomic E-state index is 3.44. The van der Waals surface area contributed by atoms with Crippen LogP contribution in [0.1, 0.15) is 19.8 Å². The van der Waals surface area contributed by atoms with Crippen LogP contribution in [-0.2, 0) is 0 Å². The summed E-state index contributed by atoms with van der Waals surface area (Å²) in [5.74, 6) is 2.58. The van der Waals surface area contributed by atoms with Gasteiger partial charge in [-0.3, -0.25) is 5.43 Å². The molecule has 1 N–H and O–H groups in total. The molecule has 0 aliphatic carbocycles. The highest BCUT2D eigenvalue weighted by molar-refractivity contribution is 7.99. The van der Waals surface area contributed by atoms with E-state index < -0.39 is 0 Å². The van der Waals surface area contributed by atoms with E-state index in [2.05, 4.69) is 29.1 Å². The molecule has 0 spiro atoms. The molecule has 0 unspecified atom stereocenters. The molecule has 66 valence electrons. The number of hydrazine groups is 1. The molecule has 1 heterocycles. The summed E-state index contributed by atoms with van der Waals surface area (Å²) in [5, 5.41) is 2.35. The molecular weight excluding hydrogens is 156 g/mol. The zero-order valence-corrected chi connectivity index (χ0v) is 8.12. The lowest BCUT2D eigenvalue weighted by Crippen LogP contribution is -2.43. The first-order chi connectivity index (χ1) is 5.43. The first-order valence-electron chi connectivity index (χ1n) is 4.49. The van der Waals surface area contributed by atoms with Crippen molar-refractivity contribution >= 4 is 11.8 Å². The van der Waals surface area contributed by atoms with Gasteiger partial charge in [0.05, 0.1) is 0 Å². The highest BCUT2D eigenvalue weighted by Gasteiger charge is 2.07. The fourth-order valence-corrected chi connectivity index (χ4v) is 2.04. The summed E-state index contributed by atoms with van der Waals surface area (Å²) in [6.45, 7) is 5.82. The third kappa shape index (κ3) is 3.99. The highest BCUT2D eigenvalue weighted by atomic mass is 32.2. The molecule has 1 fully saturated rings. The van der Waals surface area contributed by atoms with Gasteiger partial charge in [-0.05, 0) is 6.42 Å². The fourth-order valence-electron chi connectivity index (χ4n) is 1.14. The van der Waals surface area contributed by atoms with Gasteiger partial charge in [-0.25, -0.2) is 5.01 Å². The molecule has 0 radical (unpaired) electrons. The molecule has 0 aromatic carbocycles. The summed E-state index contributed by atoms with van der Waals surface area (Å²) in [6, 6.07) is 0. The van der Waals surface area contributed by atoms with Crippen LogP contribution < -0.4 is 5.43 Å². The minimum atomic E-state index is 1.15. The Kier molecular flexibility index (Phi) is 4.99. The largest absolute Gasteiger partial charge is 0.255 e. The van der Waals surface area contributed by atoms with Crippen LogP contribution in [0.15, 0.2) is 0 Å². The molecule has 0 saturated carbocycles. The highest BCUT2D eigenvalue weighted by Crippen LogP contribution is 2.06. The zero-order valence-electron chi connectivity index (χ0n) is 7.31. The lowest BCUT2D eigenvalue weighted by atomic mass is 10.3. The SMILES string of the molecule is CCCCNN1CCSCC1. The second kappa shape index (κ2) is 5.86. The topological polar surface area (TPSA) is 15.3 Å². The molecule has 0 aromatic heterocycles. The number of hydrogen-bond donors (Lipinski definition) is 1. The average Bonchev–Trinajstić information content (AvgIpc) is 2.07. The van der Waals surface area contributed by atoms with Crippen molar-refractivity contribution in [3.8, 4) is 0 Å². The van der Waals surface area contributed by atoms with Gasteiger partial charge in [-0.15, -0.1) is 0 Å². The normalized spacial score (nSPS) is 20.5. The molecule has 0 bridgehead atoms. The molecule has 2 nitrogen and oxygen atoms in total. The van der Waals surface area contributed by atoms with E-state index in [9.17, 15) is 0 Å². The quantitative estimate of drug-likeness (QED) is 0.648. The van der Waals surface area contributed by atoms with E-state index in [1.807, 2.05) is 0 Å². The number of unbranched alkanes of at least 4 members (excludes halogenated alkanes) is 1. The van der Waals surface area contributed by atoms with Crippen LogP contribution in [-0.4, -0.2) is 36.1 Å². The lowest BCUT2D eigenvalue weighted by Gasteiger charge is -2.26. The fraction of sp³-hybridized carbons (Fsp3) is 1.00. The van der Waals surface area contributed by atoms with Crippen molar-refractivity contribution in [3.63, 3.8) is 0 Å². The lowest BCUT2D eigenvalue weighted by molar-refractivity contribution is 0.207. The van der Waals surface area contributed by atoms with Gasteiger partial charge < -0.3 is 0 Å². The van der Waals surface area contributed by atoms with Crippen molar-refractivity contribution in [2.45, 2.75) is 19.8 Å². The van der Waals surface area contributed by atoms with Crippen molar-refractivity contribution in [2.24, 2.45) is 0 Å². The average molecular weight is 174 g/mol. The van der Waals surface area contributed by atoms with Crippen LogP contribution in [0.3, 0.4) is 0 Å². The Hall–Kier alpha value is 0.270. The van der Waals surface area contributed by atoms with Gasteiger partial charge in [0.1, 0.15) is 0 Å². The summed E-state index contributed by atoms with van der Waals surface area (Å²) < 4.78 is 0. The maximum absolute atomic E-state index is 3.44. The zero-order chi connectivity index (χ0) is 7.94. The van der Waals surface area contributed by atoms with Gasteiger partial charge in [-0.1, -0.05) is 13.3 Å². The van der Waals surface area contributed by atoms with E-state index in [1.165, 1.54) is 37.4 Å². The molecular formula is C8H18N2S. The van der Waals surface area contributed by atoms with Gasteiger partial charge in [-0.2, -0.15) is 11.8 Å². The predicted molar refractivity (Wildman–Crippen MR) is 51.8 cm³/mol. The standard InChI is InChI=1S/C8H18N2S/c1-2-3-4-9-10-5-7-11-8-6-10/h9H,2-8H2,1H3. The van der Waals surface area contributed by atoms with Crippen LogP contribution in [0.5, 0.6) is 0 Å². The Morgan fingerprint density at radius 3 is 2.73 bits per heavy atom. The van der Waals surface area contributed by atoms with Crippen molar-refractivity contribution in [3.05, 3.63) is 0 Å². The maximum Gasteiger partial charge on any atom is 0.0222 e. The van der Waals surface area contributed by atoms with E-state index in [-0.39, 0.29) is 0 Å². The monoisotopic (exact) mass is 174 g/mol. The minimum absolute atomic E-state index is 1.15. The molecule has 3 heteroatoms. The Morgan fingerprint density at radius 1 is 1.36 bits per heavy atom. The van der Waals surface area contributed by atoms with Gasteiger partial charge in [0.2, 0.25) is 0 Å². The van der Waals surface area contributed by atoms with Gasteiger partial charge in [0, 0.05) is 31.1 Å². The van der Waals surface area contributed by atoms with E-state index in [1.54, 1.807) is 0 Å². The molecule has 0 amide bonds. The summed E-state index contributed by atoms with van der Waals surface area (Å²) in [4.78, 5) is 0. The van der Waals surface area contributed by atoms with Crippen LogP contribution in [0, 0.1) is 0 Å². The van der Waals surface area contributed by atoms with E-state index in [4.69, 9.17) is 0 Å². The molecule has 11 heavy (non-hydrogen) atoms. The Labute approximate surface area is 73.7 Å². The first-order valence-corrected chi connectivity index (χ1v) is 5.65. The van der Waals surface area contributed by atoms with Crippen molar-refractivity contribution in [1.82, 2.24) is 10.4 Å². The molecule has 1 rings (SSSR count). The Morgan fingerprint density at radius 2 is 2.09 bits per heavy atom. The number of rotatable bonds is 4. The minimum Gasteiger partial charge on any atom is -0.255 e. The molecule has 0 atom stereocenters. The van der Waals surface area contributed by atoms with Crippen molar-refractivity contribution in [2.75, 3.05) is 31.1 Å². The van der Waals surface area contributed by atoms with Gasteiger partial charge >= 0.3 is 0 Å². The van der Waals surface area contributed by atoms with Crippen molar-refractivity contribution in [1.29, 1.82) is 0 Å². The summed E-state index contributed by atoms with van der Waals surface area (Å²) in [5.41, 5.74) is 3.44. The third-order valence-corrected chi connectivity index (χ3v) is 2.82. The number of hydrogen-bond acceptors (Lipinski definition) is 3. The third-order valence-electron chi connectivity index (χ3n) is 1.88. The van der Waals surface area contributed by atoms with Crippen LogP contribution >= 0.6 is 11.8 Å². The Bertz CT molecular complexity index is 92.1. The second-order valence-electron chi connectivity index (χ2n) is 2.86. The summed E-state index contributed by atoms with van der Waals surface area (Å²) in [7, 11) is 0. The number of nitrogens with zero attached hydrogens (tertiary/aromatic N) is 1. The number of thioether (sulfide) groups is 1. The van der Waals surface area contributed by atoms with Crippen LogP contribution in [0.25, 0.3) is 0 Å². The van der Waals surface area contributed by atoms with Gasteiger partial charge in [0.15, 0.2) is 0 Å². The summed E-state index contributed by atoms with van der Waals surface area (Å²) in [6.07, 6.45) is 2.58. The second-order valence-corrected chi connectivity index (χ2v) is 4.09. The smallest absolute Gasteiger partial charge is 0.0222 e. The molecule has 0 aromatic rings. The molecule has 1 saturated heterocycles. The van der Waals surface area contributed by atoms with Gasteiger partial charge in [0.25, 0.3) is 0 Å². The van der Waals surface area contributed by atoms with Crippen LogP contribution in [0.2, 0.25) is 0 Å². The van der Waals surface area contributed by atoms with Crippen LogP contribution in [0.4, 0.5) is 0 Å². The summed E-state index contributed by atoms with van der Waals surface area (Å²) >= 11 is 2.06. The van der Waals surface area contributed by atoms with E-state index in [0.717, 1.165) is 6.54 Å². The van der Waals surface area contributed by atoms with Crippen molar-refractivity contribution < 1.29 is 0 Å². The first kappa shape index (κ1) is 9.36. The predicted octanol–water partition coefficient (Wildman–Crippen LogP) is 1.34. The van der Waals surface area contributed by atoms with E-state index >= 15 is 0 Å². The van der Waals surface area contributed by atoms with E-state index in [0.29, 0.717) is 0 Å².